The minimum Gasteiger partial charge on any atom is -0.497 e. The van der Waals surface area contributed by atoms with Gasteiger partial charge in [-0.1, -0.05) is 36.4 Å². The summed E-state index contributed by atoms with van der Waals surface area (Å²) in [5.41, 5.74) is 3.74. The number of hydrogen-bond acceptors (Lipinski definition) is 4. The molecule has 2 N–H and O–H groups in total. The number of rotatable bonds is 7. The predicted octanol–water partition coefficient (Wildman–Crippen LogP) is 3.79. The molecule has 2 atom stereocenters. The second-order valence-corrected chi connectivity index (χ2v) is 7.90. The van der Waals surface area contributed by atoms with E-state index < -0.39 is 0 Å². The van der Waals surface area contributed by atoms with Crippen LogP contribution in [-0.4, -0.2) is 50.3 Å². The quantitative estimate of drug-likeness (QED) is 0.319. The normalized spacial score (nSPS) is 19.4. The van der Waals surface area contributed by atoms with E-state index in [4.69, 9.17) is 9.47 Å². The molecule has 0 radical (unpaired) electrons. The summed E-state index contributed by atoms with van der Waals surface area (Å²) in [4.78, 5) is 6.78. The highest BCUT2D eigenvalue weighted by molar-refractivity contribution is 14.0. The van der Waals surface area contributed by atoms with Crippen molar-refractivity contribution in [1.29, 1.82) is 0 Å². The summed E-state index contributed by atoms with van der Waals surface area (Å²) in [6.45, 7) is 8.68. The molecular formula is C24H35IN4O2. The fourth-order valence-corrected chi connectivity index (χ4v) is 3.77. The van der Waals surface area contributed by atoms with E-state index in [1.165, 1.54) is 16.7 Å². The number of nitrogens with zero attached hydrogens (tertiary/aromatic N) is 2. The Morgan fingerprint density at radius 3 is 1.90 bits per heavy atom. The standard InChI is InChI=1S/C24H34N4O2.HI/c1-18-15-28(16-19(2)30-18)17-22-7-5-20(6-8-22)13-26-24(25-3)27-14-21-9-11-23(29-4)12-10-21;/h5-12,18-19H,13-17H2,1-4H3,(H2,25,26,27);1H. The number of hydrogen-bond donors (Lipinski definition) is 2. The zero-order valence-electron chi connectivity index (χ0n) is 18.9. The summed E-state index contributed by atoms with van der Waals surface area (Å²) in [5, 5.41) is 6.72. The van der Waals surface area contributed by atoms with Gasteiger partial charge in [-0.05, 0) is 42.7 Å². The Hall–Kier alpha value is -1.84. The maximum absolute atomic E-state index is 5.82. The van der Waals surface area contributed by atoms with Gasteiger partial charge in [-0.25, -0.2) is 0 Å². The first-order valence-corrected chi connectivity index (χ1v) is 10.6. The minimum absolute atomic E-state index is 0. The summed E-state index contributed by atoms with van der Waals surface area (Å²) in [5.74, 6) is 1.65. The molecule has 0 aliphatic carbocycles. The van der Waals surface area contributed by atoms with Crippen LogP contribution < -0.4 is 15.4 Å². The number of nitrogens with one attached hydrogen (secondary N) is 2. The highest BCUT2D eigenvalue weighted by Crippen LogP contribution is 2.15. The van der Waals surface area contributed by atoms with E-state index in [0.717, 1.165) is 37.9 Å². The SMILES string of the molecule is CN=C(NCc1ccc(CN2CC(C)OC(C)C2)cc1)NCc1ccc(OC)cc1.I. The molecule has 0 spiro atoms. The molecule has 1 fully saturated rings. The summed E-state index contributed by atoms with van der Waals surface area (Å²) >= 11 is 0. The Kier molecular flexibility index (Phi) is 10.6. The summed E-state index contributed by atoms with van der Waals surface area (Å²) < 4.78 is 11.0. The third-order valence-electron chi connectivity index (χ3n) is 5.23. The monoisotopic (exact) mass is 538 g/mol. The van der Waals surface area contributed by atoms with Gasteiger partial charge in [0.2, 0.25) is 0 Å². The lowest BCUT2D eigenvalue weighted by atomic mass is 10.1. The second-order valence-electron chi connectivity index (χ2n) is 7.90. The van der Waals surface area contributed by atoms with Crippen LogP contribution in [0.2, 0.25) is 0 Å². The van der Waals surface area contributed by atoms with Crippen molar-refractivity contribution in [3.8, 4) is 5.75 Å². The Morgan fingerprint density at radius 2 is 1.42 bits per heavy atom. The van der Waals surface area contributed by atoms with Crippen molar-refractivity contribution >= 4 is 29.9 Å². The molecule has 3 rings (SSSR count). The van der Waals surface area contributed by atoms with Crippen LogP contribution in [0.25, 0.3) is 0 Å². The van der Waals surface area contributed by atoms with Gasteiger partial charge >= 0.3 is 0 Å². The van der Waals surface area contributed by atoms with Gasteiger partial charge in [0.1, 0.15) is 5.75 Å². The van der Waals surface area contributed by atoms with Crippen LogP contribution in [0.1, 0.15) is 30.5 Å². The van der Waals surface area contributed by atoms with E-state index in [9.17, 15) is 0 Å². The molecule has 31 heavy (non-hydrogen) atoms. The van der Waals surface area contributed by atoms with Crippen LogP contribution in [0.4, 0.5) is 0 Å². The first-order valence-electron chi connectivity index (χ1n) is 10.6. The number of benzene rings is 2. The number of halogens is 1. The van der Waals surface area contributed by atoms with Gasteiger partial charge in [-0.15, -0.1) is 24.0 Å². The molecule has 170 valence electrons. The molecule has 7 heteroatoms. The molecular weight excluding hydrogens is 503 g/mol. The molecule has 2 unspecified atom stereocenters. The molecule has 1 aliphatic rings. The van der Waals surface area contributed by atoms with Crippen molar-refractivity contribution < 1.29 is 9.47 Å². The number of methoxy groups -OCH3 is 1. The van der Waals surface area contributed by atoms with Crippen molar-refractivity contribution in [2.75, 3.05) is 27.2 Å². The summed E-state index contributed by atoms with van der Waals surface area (Å²) in [6.07, 6.45) is 0.601. The van der Waals surface area contributed by atoms with Crippen LogP contribution in [-0.2, 0) is 24.4 Å². The highest BCUT2D eigenvalue weighted by Gasteiger charge is 2.21. The van der Waals surface area contributed by atoms with E-state index in [-0.39, 0.29) is 24.0 Å². The van der Waals surface area contributed by atoms with Gasteiger partial charge in [0, 0.05) is 39.8 Å². The topological polar surface area (TPSA) is 58.1 Å². The Bertz CT molecular complexity index is 801. The molecule has 2 aromatic rings. The molecule has 1 saturated heterocycles. The maximum atomic E-state index is 5.82. The molecule has 0 saturated carbocycles. The summed E-state index contributed by atoms with van der Waals surface area (Å²) in [7, 11) is 3.46. The fourth-order valence-electron chi connectivity index (χ4n) is 3.77. The van der Waals surface area contributed by atoms with E-state index in [1.54, 1.807) is 14.2 Å². The van der Waals surface area contributed by atoms with Gasteiger partial charge in [0.25, 0.3) is 0 Å². The average Bonchev–Trinajstić information content (AvgIpc) is 2.74. The first-order chi connectivity index (χ1) is 14.6. The predicted molar refractivity (Wildman–Crippen MR) is 137 cm³/mol. The minimum atomic E-state index is 0. The van der Waals surface area contributed by atoms with Crippen molar-refractivity contribution in [1.82, 2.24) is 15.5 Å². The number of morpholine rings is 1. The lowest BCUT2D eigenvalue weighted by Gasteiger charge is -2.35. The van der Waals surface area contributed by atoms with Crippen molar-refractivity contribution in [2.24, 2.45) is 4.99 Å². The zero-order valence-corrected chi connectivity index (χ0v) is 21.3. The molecule has 0 amide bonds. The zero-order chi connectivity index (χ0) is 21.3. The van der Waals surface area contributed by atoms with Gasteiger partial charge in [-0.3, -0.25) is 9.89 Å². The van der Waals surface area contributed by atoms with E-state index >= 15 is 0 Å². The van der Waals surface area contributed by atoms with Crippen molar-refractivity contribution in [2.45, 2.75) is 45.7 Å². The van der Waals surface area contributed by atoms with Crippen LogP contribution in [0.15, 0.2) is 53.5 Å². The molecule has 2 aromatic carbocycles. The lowest BCUT2D eigenvalue weighted by molar-refractivity contribution is -0.0704. The molecule has 0 aromatic heterocycles. The molecule has 0 bridgehead atoms. The Balaban J connectivity index is 0.00000341. The fraction of sp³-hybridized carbons (Fsp3) is 0.458. The molecule has 6 nitrogen and oxygen atoms in total. The third kappa shape index (κ3) is 8.31. The Labute approximate surface area is 203 Å². The second kappa shape index (κ2) is 12.9. The van der Waals surface area contributed by atoms with Crippen LogP contribution in [0, 0.1) is 0 Å². The van der Waals surface area contributed by atoms with Crippen molar-refractivity contribution in [3.63, 3.8) is 0 Å². The van der Waals surface area contributed by atoms with E-state index in [0.29, 0.717) is 18.8 Å². The van der Waals surface area contributed by atoms with Gasteiger partial charge in [0.15, 0.2) is 5.96 Å². The van der Waals surface area contributed by atoms with Gasteiger partial charge < -0.3 is 20.1 Å². The largest absolute Gasteiger partial charge is 0.497 e. The Morgan fingerprint density at radius 1 is 0.935 bits per heavy atom. The summed E-state index contributed by atoms with van der Waals surface area (Å²) in [6, 6.07) is 16.8. The van der Waals surface area contributed by atoms with E-state index in [2.05, 4.69) is 58.6 Å². The lowest BCUT2D eigenvalue weighted by Crippen LogP contribution is -2.44. The van der Waals surface area contributed by atoms with Crippen molar-refractivity contribution in [3.05, 3.63) is 65.2 Å². The third-order valence-corrected chi connectivity index (χ3v) is 5.23. The number of guanidine groups is 1. The van der Waals surface area contributed by atoms with Crippen LogP contribution in [0.5, 0.6) is 5.75 Å². The highest BCUT2D eigenvalue weighted by atomic mass is 127. The smallest absolute Gasteiger partial charge is 0.191 e. The van der Waals surface area contributed by atoms with Crippen LogP contribution >= 0.6 is 24.0 Å². The molecule has 1 aliphatic heterocycles. The first kappa shape index (κ1) is 25.4. The number of ether oxygens (including phenoxy) is 2. The van der Waals surface area contributed by atoms with Gasteiger partial charge in [0.05, 0.1) is 19.3 Å². The van der Waals surface area contributed by atoms with Crippen LogP contribution in [0.3, 0.4) is 0 Å². The van der Waals surface area contributed by atoms with E-state index in [1.807, 2.05) is 24.3 Å². The number of aliphatic imine (C=N–C) groups is 1. The average molecular weight is 538 g/mol. The van der Waals surface area contributed by atoms with Gasteiger partial charge in [-0.2, -0.15) is 0 Å². The maximum Gasteiger partial charge on any atom is 0.191 e. The molecule has 1 heterocycles.